The smallest absolute Gasteiger partial charge is 0.341 e. The van der Waals surface area contributed by atoms with Gasteiger partial charge in [-0.1, -0.05) is 0 Å². The predicted molar refractivity (Wildman–Crippen MR) is 64.1 cm³/mol. The number of hydrogen-bond donors (Lipinski definition) is 0. The number of aromatic nitrogens is 2. The number of carbonyl (C=O) groups excluding carboxylic acids is 1. The Bertz CT molecular complexity index is 406. The van der Waals surface area contributed by atoms with Crippen molar-refractivity contribution in [2.24, 2.45) is 0 Å². The van der Waals surface area contributed by atoms with Crippen LogP contribution in [0.25, 0.3) is 0 Å². The first-order chi connectivity index (χ1) is 8.11. The zero-order valence-electron chi connectivity index (χ0n) is 10.6. The van der Waals surface area contributed by atoms with Crippen molar-refractivity contribution in [3.05, 3.63) is 17.5 Å². The molecule has 0 aliphatic carbocycles. The number of likely N-dealkylation sites (tertiary alicyclic amines) is 1. The summed E-state index contributed by atoms with van der Waals surface area (Å²) in [5.41, 5.74) is 1.32. The Morgan fingerprint density at radius 3 is 2.71 bits per heavy atom. The maximum absolute atomic E-state index is 11.5. The molecular formula is C12H19N3O2. The van der Waals surface area contributed by atoms with Crippen LogP contribution in [0.5, 0.6) is 0 Å². The number of piperidine rings is 1. The Balaban J connectivity index is 2.14. The first-order valence-corrected chi connectivity index (χ1v) is 5.94. The molecule has 1 aromatic heterocycles. The molecule has 17 heavy (non-hydrogen) atoms. The summed E-state index contributed by atoms with van der Waals surface area (Å²) in [5, 5.41) is 4.43. The van der Waals surface area contributed by atoms with Crippen molar-refractivity contribution in [2.75, 3.05) is 27.2 Å². The first kappa shape index (κ1) is 12.1. The van der Waals surface area contributed by atoms with Gasteiger partial charge in [-0.2, -0.15) is 5.10 Å². The second kappa shape index (κ2) is 4.87. The molecule has 0 spiro atoms. The second-order valence-corrected chi connectivity index (χ2v) is 4.63. The number of nitrogens with zero attached hydrogens (tertiary/aromatic N) is 3. The lowest BCUT2D eigenvalue weighted by Gasteiger charge is -2.28. The van der Waals surface area contributed by atoms with Gasteiger partial charge in [0.05, 0.1) is 18.8 Å². The van der Waals surface area contributed by atoms with Gasteiger partial charge in [0.2, 0.25) is 0 Å². The molecule has 0 saturated carbocycles. The molecule has 0 N–H and O–H groups in total. The molecule has 0 atom stereocenters. The van der Waals surface area contributed by atoms with E-state index in [-0.39, 0.29) is 5.97 Å². The average molecular weight is 237 g/mol. The van der Waals surface area contributed by atoms with Crippen LogP contribution in [0, 0.1) is 6.92 Å². The summed E-state index contributed by atoms with van der Waals surface area (Å²) in [7, 11) is 3.53. The molecule has 1 aromatic rings. The third kappa shape index (κ3) is 2.49. The minimum absolute atomic E-state index is 0.304. The van der Waals surface area contributed by atoms with E-state index in [2.05, 4.69) is 17.0 Å². The van der Waals surface area contributed by atoms with E-state index in [1.807, 2.05) is 17.8 Å². The minimum atomic E-state index is -0.304. The maximum atomic E-state index is 11.5. The highest BCUT2D eigenvalue weighted by molar-refractivity contribution is 5.90. The van der Waals surface area contributed by atoms with Crippen LogP contribution in [0.2, 0.25) is 0 Å². The largest absolute Gasteiger partial charge is 0.465 e. The van der Waals surface area contributed by atoms with Crippen molar-refractivity contribution >= 4 is 5.97 Å². The Kier molecular flexibility index (Phi) is 3.47. The molecule has 1 saturated heterocycles. The van der Waals surface area contributed by atoms with Gasteiger partial charge in [0.1, 0.15) is 5.56 Å². The van der Waals surface area contributed by atoms with Gasteiger partial charge in [-0.3, -0.25) is 4.68 Å². The molecular weight excluding hydrogens is 218 g/mol. The number of hydrogen-bond acceptors (Lipinski definition) is 4. The molecule has 94 valence electrons. The summed E-state index contributed by atoms with van der Waals surface area (Å²) in [5.74, 6) is -0.304. The summed E-state index contributed by atoms with van der Waals surface area (Å²) < 4.78 is 6.66. The van der Waals surface area contributed by atoms with Crippen molar-refractivity contribution in [1.29, 1.82) is 0 Å². The highest BCUT2D eigenvalue weighted by atomic mass is 16.5. The van der Waals surface area contributed by atoms with Crippen LogP contribution in [0.1, 0.15) is 34.9 Å². The summed E-state index contributed by atoms with van der Waals surface area (Å²) in [6.45, 7) is 4.01. The van der Waals surface area contributed by atoms with E-state index in [4.69, 9.17) is 4.74 Å². The lowest BCUT2D eigenvalue weighted by Crippen LogP contribution is -2.31. The van der Waals surface area contributed by atoms with Crippen LogP contribution in [0.15, 0.2) is 6.20 Å². The van der Waals surface area contributed by atoms with E-state index in [1.165, 1.54) is 7.11 Å². The van der Waals surface area contributed by atoms with Gasteiger partial charge in [0.25, 0.3) is 0 Å². The van der Waals surface area contributed by atoms with E-state index >= 15 is 0 Å². The number of methoxy groups -OCH3 is 1. The second-order valence-electron chi connectivity index (χ2n) is 4.63. The van der Waals surface area contributed by atoms with Crippen molar-refractivity contribution in [3.63, 3.8) is 0 Å². The number of aryl methyl sites for hydroxylation is 1. The van der Waals surface area contributed by atoms with Crippen LogP contribution in [0.4, 0.5) is 0 Å². The molecule has 0 unspecified atom stereocenters. The van der Waals surface area contributed by atoms with Crippen molar-refractivity contribution < 1.29 is 9.53 Å². The lowest BCUT2D eigenvalue weighted by molar-refractivity contribution is 0.0599. The molecule has 0 radical (unpaired) electrons. The Hall–Kier alpha value is -1.36. The zero-order valence-corrected chi connectivity index (χ0v) is 10.6. The highest BCUT2D eigenvalue weighted by Crippen LogP contribution is 2.22. The molecule has 1 fully saturated rings. The molecule has 2 rings (SSSR count). The topological polar surface area (TPSA) is 47.4 Å². The van der Waals surface area contributed by atoms with E-state index in [1.54, 1.807) is 0 Å². The molecule has 5 nitrogen and oxygen atoms in total. The lowest BCUT2D eigenvalue weighted by atomic mass is 10.1. The first-order valence-electron chi connectivity index (χ1n) is 5.94. The SMILES string of the molecule is COC(=O)c1cn(C2CCN(C)CC2)nc1C. The normalized spacial score (nSPS) is 18.3. The van der Waals surface area contributed by atoms with E-state index in [0.29, 0.717) is 11.6 Å². The van der Waals surface area contributed by atoms with Gasteiger partial charge in [-0.05, 0) is 39.9 Å². The molecule has 5 heteroatoms. The van der Waals surface area contributed by atoms with Crippen molar-refractivity contribution in [3.8, 4) is 0 Å². The van der Waals surface area contributed by atoms with E-state index < -0.39 is 0 Å². The van der Waals surface area contributed by atoms with Gasteiger partial charge < -0.3 is 9.64 Å². The fraction of sp³-hybridized carbons (Fsp3) is 0.667. The minimum Gasteiger partial charge on any atom is -0.465 e. The summed E-state index contributed by atoms with van der Waals surface area (Å²) in [4.78, 5) is 13.8. The quantitative estimate of drug-likeness (QED) is 0.726. The Labute approximate surface area is 101 Å². The highest BCUT2D eigenvalue weighted by Gasteiger charge is 2.21. The predicted octanol–water partition coefficient (Wildman–Crippen LogP) is 1.24. The number of esters is 1. The zero-order chi connectivity index (χ0) is 12.4. The third-order valence-corrected chi connectivity index (χ3v) is 3.38. The van der Waals surface area contributed by atoms with E-state index in [0.717, 1.165) is 31.6 Å². The van der Waals surface area contributed by atoms with E-state index in [9.17, 15) is 4.79 Å². The molecule has 2 heterocycles. The van der Waals surface area contributed by atoms with Gasteiger partial charge in [-0.15, -0.1) is 0 Å². The van der Waals surface area contributed by atoms with Gasteiger partial charge in [0.15, 0.2) is 0 Å². The van der Waals surface area contributed by atoms with Crippen LogP contribution in [-0.4, -0.2) is 47.9 Å². The van der Waals surface area contributed by atoms with Gasteiger partial charge >= 0.3 is 5.97 Å². The van der Waals surface area contributed by atoms with Crippen LogP contribution >= 0.6 is 0 Å². The number of carbonyl (C=O) groups is 1. The summed E-state index contributed by atoms with van der Waals surface area (Å²) in [6, 6.07) is 0.406. The average Bonchev–Trinajstić information content (AvgIpc) is 2.71. The fourth-order valence-electron chi connectivity index (χ4n) is 2.24. The van der Waals surface area contributed by atoms with Crippen molar-refractivity contribution in [2.45, 2.75) is 25.8 Å². The molecule has 0 aromatic carbocycles. The fourth-order valence-corrected chi connectivity index (χ4v) is 2.24. The molecule has 1 aliphatic heterocycles. The number of rotatable bonds is 2. The molecule has 0 amide bonds. The summed E-state index contributed by atoms with van der Waals surface area (Å²) >= 11 is 0. The maximum Gasteiger partial charge on any atom is 0.341 e. The standard InChI is InChI=1S/C12H19N3O2/c1-9-11(12(16)17-3)8-15(13-9)10-4-6-14(2)7-5-10/h8,10H,4-7H2,1-3H3. The van der Waals surface area contributed by atoms with Crippen molar-refractivity contribution in [1.82, 2.24) is 14.7 Å². The van der Waals surface area contributed by atoms with Gasteiger partial charge in [0, 0.05) is 6.20 Å². The Morgan fingerprint density at radius 1 is 1.47 bits per heavy atom. The van der Waals surface area contributed by atoms with Crippen LogP contribution in [-0.2, 0) is 4.74 Å². The monoisotopic (exact) mass is 237 g/mol. The van der Waals surface area contributed by atoms with Crippen LogP contribution in [0.3, 0.4) is 0 Å². The molecule has 0 bridgehead atoms. The molecule has 1 aliphatic rings. The van der Waals surface area contributed by atoms with Gasteiger partial charge in [-0.25, -0.2) is 4.79 Å². The Morgan fingerprint density at radius 2 is 2.12 bits per heavy atom. The number of ether oxygens (including phenoxy) is 1. The third-order valence-electron chi connectivity index (χ3n) is 3.38. The van der Waals surface area contributed by atoms with Crippen LogP contribution < -0.4 is 0 Å². The summed E-state index contributed by atoms with van der Waals surface area (Å²) in [6.07, 6.45) is 3.98.